The molecule has 1 heterocycles. The summed E-state index contributed by atoms with van der Waals surface area (Å²) in [7, 11) is 1.41. The average Bonchev–Trinajstić information content (AvgIpc) is 2.36. The van der Waals surface area contributed by atoms with Gasteiger partial charge in [0.2, 0.25) is 5.91 Å². The molecule has 0 aliphatic carbocycles. The summed E-state index contributed by atoms with van der Waals surface area (Å²) in [6.45, 7) is 2.69. The molecule has 0 aromatic rings. The summed E-state index contributed by atoms with van der Waals surface area (Å²) >= 11 is 0. The summed E-state index contributed by atoms with van der Waals surface area (Å²) in [5, 5.41) is 6.07. The van der Waals surface area contributed by atoms with E-state index in [-0.39, 0.29) is 24.0 Å². The Balaban J connectivity index is 2.41. The SMILES string of the molecule is CCCCC(NC1CCC(=O)NC1)C(=O)OC. The van der Waals surface area contributed by atoms with E-state index >= 15 is 0 Å². The van der Waals surface area contributed by atoms with E-state index in [1.807, 2.05) is 0 Å². The van der Waals surface area contributed by atoms with Crippen LogP contribution in [0.15, 0.2) is 0 Å². The molecule has 0 aromatic carbocycles. The number of unbranched alkanes of at least 4 members (excludes halogenated alkanes) is 1. The lowest BCUT2D eigenvalue weighted by atomic mass is 10.0. The monoisotopic (exact) mass is 242 g/mol. The largest absolute Gasteiger partial charge is 0.468 e. The number of piperidine rings is 1. The number of nitrogens with one attached hydrogen (secondary N) is 2. The van der Waals surface area contributed by atoms with Crippen molar-refractivity contribution in [2.24, 2.45) is 0 Å². The number of hydrogen-bond acceptors (Lipinski definition) is 4. The van der Waals surface area contributed by atoms with Crippen molar-refractivity contribution in [1.82, 2.24) is 10.6 Å². The second kappa shape index (κ2) is 7.27. The number of carbonyl (C=O) groups is 2. The number of amides is 1. The molecule has 0 saturated carbocycles. The first-order valence-electron chi connectivity index (χ1n) is 6.28. The molecule has 1 saturated heterocycles. The van der Waals surface area contributed by atoms with Crippen LogP contribution in [0.25, 0.3) is 0 Å². The highest BCUT2D eigenvalue weighted by molar-refractivity contribution is 5.77. The summed E-state index contributed by atoms with van der Waals surface area (Å²) in [5.74, 6) is -0.124. The van der Waals surface area contributed by atoms with E-state index < -0.39 is 0 Å². The Kier molecular flexibility index (Phi) is 5.97. The van der Waals surface area contributed by atoms with Gasteiger partial charge in [-0.2, -0.15) is 0 Å². The molecule has 1 fully saturated rings. The molecule has 0 bridgehead atoms. The van der Waals surface area contributed by atoms with Crippen LogP contribution in [0.3, 0.4) is 0 Å². The zero-order valence-corrected chi connectivity index (χ0v) is 10.6. The lowest BCUT2D eigenvalue weighted by molar-refractivity contribution is -0.143. The van der Waals surface area contributed by atoms with Crippen molar-refractivity contribution in [1.29, 1.82) is 0 Å². The first-order chi connectivity index (χ1) is 8.17. The van der Waals surface area contributed by atoms with Crippen LogP contribution < -0.4 is 10.6 Å². The Labute approximate surface area is 102 Å². The summed E-state index contributed by atoms with van der Waals surface area (Å²) < 4.78 is 4.78. The topological polar surface area (TPSA) is 67.4 Å². The molecule has 0 radical (unpaired) electrons. The van der Waals surface area contributed by atoms with Gasteiger partial charge in [0.05, 0.1) is 7.11 Å². The van der Waals surface area contributed by atoms with Crippen LogP contribution in [0.4, 0.5) is 0 Å². The normalized spacial score (nSPS) is 21.8. The molecule has 5 nitrogen and oxygen atoms in total. The van der Waals surface area contributed by atoms with Gasteiger partial charge in [0, 0.05) is 19.0 Å². The van der Waals surface area contributed by atoms with Crippen molar-refractivity contribution in [3.63, 3.8) is 0 Å². The lowest BCUT2D eigenvalue weighted by Crippen LogP contribution is -2.51. The predicted molar refractivity (Wildman–Crippen MR) is 64.5 cm³/mol. The van der Waals surface area contributed by atoms with Crippen LogP contribution in [0.5, 0.6) is 0 Å². The minimum absolute atomic E-state index is 0.0891. The van der Waals surface area contributed by atoms with Crippen LogP contribution in [0.1, 0.15) is 39.0 Å². The van der Waals surface area contributed by atoms with E-state index in [2.05, 4.69) is 17.6 Å². The summed E-state index contributed by atoms with van der Waals surface area (Å²) in [6, 6.07) is -0.0754. The standard InChI is InChI=1S/C12H22N2O3/c1-3-4-5-10(12(16)17-2)14-9-6-7-11(15)13-8-9/h9-10,14H,3-8H2,1-2H3,(H,13,15). The number of rotatable bonds is 6. The zero-order valence-electron chi connectivity index (χ0n) is 10.6. The van der Waals surface area contributed by atoms with E-state index in [1.165, 1.54) is 7.11 Å². The fourth-order valence-corrected chi connectivity index (χ4v) is 1.98. The van der Waals surface area contributed by atoms with Gasteiger partial charge in [-0.15, -0.1) is 0 Å². The van der Waals surface area contributed by atoms with E-state index in [4.69, 9.17) is 4.74 Å². The number of carbonyl (C=O) groups excluding carboxylic acids is 2. The van der Waals surface area contributed by atoms with Crippen LogP contribution >= 0.6 is 0 Å². The van der Waals surface area contributed by atoms with Crippen molar-refractivity contribution in [3.8, 4) is 0 Å². The van der Waals surface area contributed by atoms with Gasteiger partial charge in [0.25, 0.3) is 0 Å². The molecule has 0 aromatic heterocycles. The van der Waals surface area contributed by atoms with Crippen LogP contribution in [0, 0.1) is 0 Å². The predicted octanol–water partition coefficient (Wildman–Crippen LogP) is 0.586. The maximum atomic E-state index is 11.6. The summed E-state index contributed by atoms with van der Waals surface area (Å²) in [6.07, 6.45) is 4.14. The summed E-state index contributed by atoms with van der Waals surface area (Å²) in [4.78, 5) is 22.6. The highest BCUT2D eigenvalue weighted by Gasteiger charge is 2.25. The highest BCUT2D eigenvalue weighted by atomic mass is 16.5. The van der Waals surface area contributed by atoms with Crippen LogP contribution in [-0.2, 0) is 14.3 Å². The number of ether oxygens (including phenoxy) is 1. The molecule has 2 atom stereocenters. The third-order valence-electron chi connectivity index (χ3n) is 3.03. The molecule has 2 unspecified atom stereocenters. The quantitative estimate of drug-likeness (QED) is 0.669. The van der Waals surface area contributed by atoms with Crippen LogP contribution in [-0.4, -0.2) is 37.6 Å². The fourth-order valence-electron chi connectivity index (χ4n) is 1.98. The molecule has 0 spiro atoms. The number of hydrogen-bond donors (Lipinski definition) is 2. The Morgan fingerprint density at radius 3 is 2.94 bits per heavy atom. The van der Waals surface area contributed by atoms with Gasteiger partial charge in [-0.05, 0) is 12.8 Å². The van der Waals surface area contributed by atoms with Crippen molar-refractivity contribution in [2.45, 2.75) is 51.1 Å². The number of methoxy groups -OCH3 is 1. The van der Waals surface area contributed by atoms with E-state index in [1.54, 1.807) is 0 Å². The molecule has 17 heavy (non-hydrogen) atoms. The Bertz CT molecular complexity index is 258. The molecular formula is C12H22N2O3. The van der Waals surface area contributed by atoms with Crippen molar-refractivity contribution in [3.05, 3.63) is 0 Å². The third kappa shape index (κ3) is 4.73. The molecule has 1 amide bonds. The van der Waals surface area contributed by atoms with Gasteiger partial charge in [-0.3, -0.25) is 14.9 Å². The molecular weight excluding hydrogens is 220 g/mol. The minimum Gasteiger partial charge on any atom is -0.468 e. The van der Waals surface area contributed by atoms with Gasteiger partial charge >= 0.3 is 5.97 Å². The minimum atomic E-state index is -0.250. The van der Waals surface area contributed by atoms with Crippen molar-refractivity contribution in [2.75, 3.05) is 13.7 Å². The average molecular weight is 242 g/mol. The number of esters is 1. The molecule has 5 heteroatoms. The summed E-state index contributed by atoms with van der Waals surface area (Å²) in [5.41, 5.74) is 0. The second-order valence-corrected chi connectivity index (χ2v) is 4.42. The Hall–Kier alpha value is -1.10. The second-order valence-electron chi connectivity index (χ2n) is 4.42. The van der Waals surface area contributed by atoms with Crippen LogP contribution in [0.2, 0.25) is 0 Å². The molecule has 2 N–H and O–H groups in total. The molecule has 1 rings (SSSR count). The van der Waals surface area contributed by atoms with E-state index in [0.29, 0.717) is 13.0 Å². The maximum absolute atomic E-state index is 11.6. The third-order valence-corrected chi connectivity index (χ3v) is 3.03. The molecule has 98 valence electrons. The first-order valence-corrected chi connectivity index (χ1v) is 6.28. The highest BCUT2D eigenvalue weighted by Crippen LogP contribution is 2.08. The Morgan fingerprint density at radius 2 is 2.41 bits per heavy atom. The van der Waals surface area contributed by atoms with Gasteiger partial charge < -0.3 is 10.1 Å². The first kappa shape index (κ1) is 14.0. The van der Waals surface area contributed by atoms with Crippen molar-refractivity contribution < 1.29 is 14.3 Å². The van der Waals surface area contributed by atoms with Gasteiger partial charge in [0.15, 0.2) is 0 Å². The molecule has 1 aliphatic heterocycles. The van der Waals surface area contributed by atoms with Gasteiger partial charge in [-0.25, -0.2) is 0 Å². The lowest BCUT2D eigenvalue weighted by Gasteiger charge is -2.27. The van der Waals surface area contributed by atoms with Gasteiger partial charge in [-0.1, -0.05) is 19.8 Å². The van der Waals surface area contributed by atoms with E-state index in [0.717, 1.165) is 25.7 Å². The maximum Gasteiger partial charge on any atom is 0.322 e. The van der Waals surface area contributed by atoms with Crippen molar-refractivity contribution >= 4 is 11.9 Å². The van der Waals surface area contributed by atoms with E-state index in [9.17, 15) is 9.59 Å². The fraction of sp³-hybridized carbons (Fsp3) is 0.833. The Morgan fingerprint density at radius 1 is 1.65 bits per heavy atom. The smallest absolute Gasteiger partial charge is 0.322 e. The zero-order chi connectivity index (χ0) is 12.7. The molecule has 1 aliphatic rings. The van der Waals surface area contributed by atoms with Gasteiger partial charge in [0.1, 0.15) is 6.04 Å².